The number of anilines is 1. The molecule has 0 aliphatic carbocycles. The van der Waals surface area contributed by atoms with Gasteiger partial charge < -0.3 is 0 Å². The van der Waals surface area contributed by atoms with Gasteiger partial charge in [-0.2, -0.15) is 0 Å². The zero-order valence-corrected chi connectivity index (χ0v) is 17.0. The molecule has 0 radical (unpaired) electrons. The Balaban J connectivity index is 1.84. The molecule has 0 amide bonds. The van der Waals surface area contributed by atoms with Crippen LogP contribution in [0.4, 0.5) is 5.69 Å². The van der Waals surface area contributed by atoms with Crippen molar-refractivity contribution in [3.05, 3.63) is 53.2 Å². The Morgan fingerprint density at radius 3 is 2.11 bits per heavy atom. The van der Waals surface area contributed by atoms with Gasteiger partial charge in [0, 0.05) is 0 Å². The highest BCUT2D eigenvalue weighted by Gasteiger charge is 2.16. The van der Waals surface area contributed by atoms with E-state index in [-0.39, 0.29) is 5.75 Å². The van der Waals surface area contributed by atoms with Crippen LogP contribution in [0.25, 0.3) is 32.2 Å². The lowest BCUT2D eigenvalue weighted by atomic mass is 10.2. The number of thiophene rings is 2. The quantitative estimate of drug-likeness (QED) is 0.467. The van der Waals surface area contributed by atoms with Crippen molar-refractivity contribution < 1.29 is 8.42 Å². The average Bonchev–Trinajstić information content (AvgIpc) is 3.34. The van der Waals surface area contributed by atoms with E-state index in [0.717, 1.165) is 26.7 Å². The standard InChI is InChI=1S/C19H17N3O2S3/c1-2-11-27(23,24)22-13-7-8-14-15(12-13)21-19(17-6-4-10-26-17)18(20-14)16-5-3-9-25-16/h3-10,12,22H,2,11H2,1H3. The number of nitrogens with zero attached hydrogens (tertiary/aromatic N) is 2. The summed E-state index contributed by atoms with van der Waals surface area (Å²) < 4.78 is 26.7. The Hall–Kier alpha value is -2.29. The molecule has 1 aromatic carbocycles. The highest BCUT2D eigenvalue weighted by Crippen LogP contribution is 2.35. The average molecular weight is 416 g/mol. The van der Waals surface area contributed by atoms with Gasteiger partial charge >= 0.3 is 0 Å². The number of rotatable bonds is 6. The fourth-order valence-corrected chi connectivity index (χ4v) is 5.34. The number of aromatic nitrogens is 2. The Labute approximate surface area is 165 Å². The summed E-state index contributed by atoms with van der Waals surface area (Å²) in [4.78, 5) is 11.7. The first-order valence-electron chi connectivity index (χ1n) is 8.46. The number of hydrogen-bond acceptors (Lipinski definition) is 6. The van der Waals surface area contributed by atoms with Gasteiger partial charge in [0.05, 0.1) is 32.2 Å². The molecule has 0 fully saturated rings. The van der Waals surface area contributed by atoms with E-state index < -0.39 is 10.0 Å². The third-order valence-electron chi connectivity index (χ3n) is 3.92. The second-order valence-electron chi connectivity index (χ2n) is 6.00. The third kappa shape index (κ3) is 3.87. The van der Waals surface area contributed by atoms with Crippen molar-refractivity contribution in [2.24, 2.45) is 0 Å². The number of sulfonamides is 1. The molecule has 0 saturated heterocycles. The molecular weight excluding hydrogens is 398 g/mol. The van der Waals surface area contributed by atoms with Crippen LogP contribution in [0.5, 0.6) is 0 Å². The lowest BCUT2D eigenvalue weighted by molar-refractivity contribution is 0.600. The van der Waals surface area contributed by atoms with Gasteiger partial charge in [-0.1, -0.05) is 19.1 Å². The lowest BCUT2D eigenvalue weighted by Gasteiger charge is -2.10. The van der Waals surface area contributed by atoms with Crippen LogP contribution in [0, 0.1) is 0 Å². The van der Waals surface area contributed by atoms with Gasteiger partial charge in [0.25, 0.3) is 0 Å². The first-order valence-corrected chi connectivity index (χ1v) is 11.9. The van der Waals surface area contributed by atoms with Crippen molar-refractivity contribution in [1.29, 1.82) is 0 Å². The van der Waals surface area contributed by atoms with Crippen LogP contribution in [0.3, 0.4) is 0 Å². The zero-order chi connectivity index (χ0) is 18.9. The van der Waals surface area contributed by atoms with Crippen LogP contribution in [0.1, 0.15) is 13.3 Å². The van der Waals surface area contributed by atoms with Gasteiger partial charge in [-0.15, -0.1) is 22.7 Å². The van der Waals surface area contributed by atoms with E-state index in [1.54, 1.807) is 40.9 Å². The summed E-state index contributed by atoms with van der Waals surface area (Å²) in [6.07, 6.45) is 0.565. The fraction of sp³-hybridized carbons (Fsp3) is 0.158. The monoisotopic (exact) mass is 415 g/mol. The third-order valence-corrected chi connectivity index (χ3v) is 7.17. The zero-order valence-electron chi connectivity index (χ0n) is 14.5. The molecule has 0 unspecified atom stereocenters. The van der Waals surface area contributed by atoms with E-state index in [0.29, 0.717) is 17.6 Å². The SMILES string of the molecule is CCCS(=O)(=O)Nc1ccc2nc(-c3cccs3)c(-c3cccs3)nc2c1. The van der Waals surface area contributed by atoms with Gasteiger partial charge in [0.2, 0.25) is 10.0 Å². The molecule has 4 aromatic rings. The summed E-state index contributed by atoms with van der Waals surface area (Å²) in [6, 6.07) is 13.3. The predicted octanol–water partition coefficient (Wildman–Crippen LogP) is 5.24. The van der Waals surface area contributed by atoms with Crippen LogP contribution >= 0.6 is 22.7 Å². The maximum absolute atomic E-state index is 12.1. The summed E-state index contributed by atoms with van der Waals surface area (Å²) in [7, 11) is -3.34. The van der Waals surface area contributed by atoms with E-state index in [1.165, 1.54) is 0 Å². The first kappa shape index (κ1) is 18.1. The van der Waals surface area contributed by atoms with Crippen molar-refractivity contribution in [3.63, 3.8) is 0 Å². The molecule has 8 heteroatoms. The number of nitrogens with one attached hydrogen (secondary N) is 1. The van der Waals surface area contributed by atoms with Gasteiger partial charge in [-0.25, -0.2) is 18.4 Å². The first-order chi connectivity index (χ1) is 13.1. The van der Waals surface area contributed by atoms with E-state index >= 15 is 0 Å². The van der Waals surface area contributed by atoms with Crippen molar-refractivity contribution in [1.82, 2.24) is 9.97 Å². The van der Waals surface area contributed by atoms with Gasteiger partial charge in [0.15, 0.2) is 0 Å². The second-order valence-corrected chi connectivity index (χ2v) is 9.74. The molecule has 3 aromatic heterocycles. The highest BCUT2D eigenvalue weighted by atomic mass is 32.2. The maximum atomic E-state index is 12.1. The van der Waals surface area contributed by atoms with Gasteiger partial charge in [0.1, 0.15) is 11.4 Å². The molecule has 0 aliphatic rings. The predicted molar refractivity (Wildman–Crippen MR) is 114 cm³/mol. The normalized spacial score (nSPS) is 11.7. The molecule has 4 rings (SSSR count). The molecule has 1 N–H and O–H groups in total. The van der Waals surface area contributed by atoms with E-state index in [9.17, 15) is 8.42 Å². The smallest absolute Gasteiger partial charge is 0.232 e. The molecule has 0 atom stereocenters. The minimum Gasteiger partial charge on any atom is -0.283 e. The molecular formula is C19H17N3O2S3. The van der Waals surface area contributed by atoms with Gasteiger partial charge in [-0.05, 0) is 47.5 Å². The minimum atomic E-state index is -3.34. The Kier molecular flexibility index (Phi) is 4.94. The molecule has 3 heterocycles. The van der Waals surface area contributed by atoms with Crippen molar-refractivity contribution in [2.75, 3.05) is 10.5 Å². The van der Waals surface area contributed by atoms with E-state index in [4.69, 9.17) is 9.97 Å². The number of benzene rings is 1. The van der Waals surface area contributed by atoms with Crippen molar-refractivity contribution >= 4 is 49.4 Å². The van der Waals surface area contributed by atoms with Crippen LogP contribution in [-0.2, 0) is 10.0 Å². The molecule has 138 valence electrons. The molecule has 0 spiro atoms. The highest BCUT2D eigenvalue weighted by molar-refractivity contribution is 7.92. The topological polar surface area (TPSA) is 72.0 Å². The number of fused-ring (bicyclic) bond motifs is 1. The molecule has 0 bridgehead atoms. The Morgan fingerprint density at radius 2 is 1.56 bits per heavy atom. The Morgan fingerprint density at radius 1 is 0.926 bits per heavy atom. The summed E-state index contributed by atoms with van der Waals surface area (Å²) in [5, 5.41) is 4.03. The molecule has 0 aliphatic heterocycles. The van der Waals surface area contributed by atoms with Crippen molar-refractivity contribution in [2.45, 2.75) is 13.3 Å². The largest absolute Gasteiger partial charge is 0.283 e. The van der Waals surface area contributed by atoms with Crippen LogP contribution in [0.15, 0.2) is 53.2 Å². The summed E-state index contributed by atoms with van der Waals surface area (Å²) >= 11 is 3.23. The van der Waals surface area contributed by atoms with Crippen LogP contribution in [0.2, 0.25) is 0 Å². The minimum absolute atomic E-state index is 0.0917. The van der Waals surface area contributed by atoms with Crippen LogP contribution in [-0.4, -0.2) is 24.1 Å². The van der Waals surface area contributed by atoms with E-state index in [1.807, 2.05) is 41.9 Å². The van der Waals surface area contributed by atoms with Crippen LogP contribution < -0.4 is 4.72 Å². The maximum Gasteiger partial charge on any atom is 0.232 e. The van der Waals surface area contributed by atoms with Crippen molar-refractivity contribution in [3.8, 4) is 21.1 Å². The fourth-order valence-electron chi connectivity index (χ4n) is 2.79. The molecule has 5 nitrogen and oxygen atoms in total. The Bertz CT molecular complexity index is 1170. The van der Waals surface area contributed by atoms with Gasteiger partial charge in [-0.3, -0.25) is 4.72 Å². The summed E-state index contributed by atoms with van der Waals surface area (Å²) in [6.45, 7) is 1.84. The molecule has 0 saturated carbocycles. The summed E-state index contributed by atoms with van der Waals surface area (Å²) in [5.74, 6) is 0.0917. The molecule has 27 heavy (non-hydrogen) atoms. The number of hydrogen-bond donors (Lipinski definition) is 1. The lowest BCUT2D eigenvalue weighted by Crippen LogP contribution is -2.16. The van der Waals surface area contributed by atoms with E-state index in [2.05, 4.69) is 4.72 Å². The summed E-state index contributed by atoms with van der Waals surface area (Å²) in [5.41, 5.74) is 3.56. The second kappa shape index (κ2) is 7.38.